The van der Waals surface area contributed by atoms with Crippen LogP contribution >= 0.6 is 24.8 Å². The quantitative estimate of drug-likeness (QED) is 0.0942. The molecule has 6 aromatic carbocycles. The number of hydrogen-bond acceptors (Lipinski definition) is 0. The molecule has 0 spiro atoms. The zero-order valence-corrected chi connectivity index (χ0v) is 37.6. The van der Waals surface area contributed by atoms with Crippen LogP contribution in [0.3, 0.4) is 0 Å². The number of aryl methyl sites for hydroxylation is 4. The molecule has 322 valence electrons. The molecular formula is C43H40Cl2F12SiZr-4. The third kappa shape index (κ3) is 14.5. The van der Waals surface area contributed by atoms with Crippen LogP contribution in [0, 0.1) is 34.6 Å². The summed E-state index contributed by atoms with van der Waals surface area (Å²) in [6.07, 6.45) is -18.7. The molecule has 0 atom stereocenters. The van der Waals surface area contributed by atoms with Crippen molar-refractivity contribution in [2.24, 2.45) is 0 Å². The molecule has 6 aromatic rings. The Hall–Kier alpha value is -3.06. The molecule has 0 heterocycles. The monoisotopic (exact) mass is 972 g/mol. The predicted octanol–water partition coefficient (Wildman–Crippen LogP) is 16.2. The normalized spacial score (nSPS) is 11.3. The minimum atomic E-state index is -4.86. The van der Waals surface area contributed by atoms with Gasteiger partial charge in [-0.05, 0) is 67.8 Å². The van der Waals surface area contributed by atoms with Crippen molar-refractivity contribution in [3.8, 4) is 22.3 Å². The summed E-state index contributed by atoms with van der Waals surface area (Å²) in [5, 5.41) is 2.89. The van der Waals surface area contributed by atoms with Crippen LogP contribution in [0.25, 0.3) is 43.8 Å². The van der Waals surface area contributed by atoms with Crippen molar-refractivity contribution in [3.05, 3.63) is 143 Å². The Balaban J connectivity index is 0.000000983. The molecule has 0 aliphatic heterocycles. The average Bonchev–Trinajstić information content (AvgIpc) is 3.74. The fraction of sp³-hybridized carbons (Fsp3) is 0.256. The molecule has 16 heteroatoms. The van der Waals surface area contributed by atoms with Gasteiger partial charge in [0.25, 0.3) is 0 Å². The van der Waals surface area contributed by atoms with E-state index in [1.165, 1.54) is 23.3 Å². The molecule has 0 aliphatic carbocycles. The molecule has 0 saturated heterocycles. The first-order chi connectivity index (χ1) is 26.4. The van der Waals surface area contributed by atoms with Crippen molar-refractivity contribution in [3.63, 3.8) is 0 Å². The Bertz CT molecular complexity index is 2200. The van der Waals surface area contributed by atoms with Gasteiger partial charge >= 0.3 is 54.9 Å². The molecule has 0 saturated carbocycles. The van der Waals surface area contributed by atoms with Gasteiger partial charge in [-0.1, -0.05) is 48.2 Å². The third-order valence-corrected chi connectivity index (χ3v) is 8.34. The van der Waals surface area contributed by atoms with Crippen molar-refractivity contribution in [2.75, 3.05) is 0 Å². The van der Waals surface area contributed by atoms with Gasteiger partial charge in [0.15, 0.2) is 0 Å². The predicted molar refractivity (Wildman–Crippen MR) is 216 cm³/mol. The first kappa shape index (κ1) is 55.9. The van der Waals surface area contributed by atoms with E-state index in [9.17, 15) is 52.7 Å². The van der Waals surface area contributed by atoms with E-state index in [-0.39, 0.29) is 48.1 Å². The number of hydrogen-bond donors (Lipinski definition) is 0. The van der Waals surface area contributed by atoms with E-state index < -0.39 is 47.0 Å². The molecule has 0 bridgehead atoms. The van der Waals surface area contributed by atoms with Gasteiger partial charge in [-0.15, -0.1) is 81.8 Å². The second-order valence-corrected chi connectivity index (χ2v) is 12.5. The fourth-order valence-corrected chi connectivity index (χ4v) is 6.06. The van der Waals surface area contributed by atoms with Crippen molar-refractivity contribution < 1.29 is 76.0 Å². The summed E-state index contributed by atoms with van der Waals surface area (Å²) < 4.78 is 157. The van der Waals surface area contributed by atoms with Crippen LogP contribution in [-0.2, 0) is 54.5 Å². The zero-order chi connectivity index (χ0) is 43.8. The Morgan fingerprint density at radius 2 is 0.780 bits per heavy atom. The minimum absolute atomic E-state index is 0. The number of fused-ring (bicyclic) bond motifs is 2. The van der Waals surface area contributed by atoms with E-state index in [1.807, 2.05) is 44.2 Å². The van der Waals surface area contributed by atoms with Crippen LogP contribution in [-0.4, -0.2) is 6.88 Å². The van der Waals surface area contributed by atoms with Gasteiger partial charge in [0.1, 0.15) is 0 Å². The van der Waals surface area contributed by atoms with Crippen molar-refractivity contribution in [1.82, 2.24) is 0 Å². The third-order valence-electron chi connectivity index (χ3n) is 8.34. The van der Waals surface area contributed by atoms with Gasteiger partial charge in [0.2, 0.25) is 0 Å². The van der Waals surface area contributed by atoms with E-state index >= 15 is 0 Å². The average molecular weight is 975 g/mol. The van der Waals surface area contributed by atoms with Crippen LogP contribution in [0.4, 0.5) is 52.7 Å². The fourth-order valence-electron chi connectivity index (χ4n) is 6.06. The second-order valence-electron chi connectivity index (χ2n) is 12.5. The van der Waals surface area contributed by atoms with E-state index in [1.54, 1.807) is 45.9 Å². The van der Waals surface area contributed by atoms with E-state index in [0.29, 0.717) is 21.9 Å². The Morgan fingerprint density at radius 3 is 1.08 bits per heavy atom. The number of rotatable bonds is 3. The molecular weight excluding hydrogens is 935 g/mol. The first-order valence-corrected chi connectivity index (χ1v) is 21.3. The maximum atomic E-state index is 13.1. The Morgan fingerprint density at radius 1 is 0.475 bits per heavy atom. The van der Waals surface area contributed by atoms with Gasteiger partial charge in [0.05, 0.1) is 22.3 Å². The van der Waals surface area contributed by atoms with Gasteiger partial charge in [0, 0.05) is 0 Å². The summed E-state index contributed by atoms with van der Waals surface area (Å²) >= 11 is 1.36. The summed E-state index contributed by atoms with van der Waals surface area (Å²) in [6.45, 7) is 20.3. The van der Waals surface area contributed by atoms with Crippen LogP contribution in [0.2, 0.25) is 0 Å². The molecule has 0 nitrogen and oxygen atoms in total. The molecule has 0 aliphatic rings. The molecule has 59 heavy (non-hydrogen) atoms. The SMILES string of the molecule is CCc1cc2c(-c3cc(C(F)(F)F)cc(C(F)(F)F)c3)cc(C)cc2[cH-]1.Cc1cc(-c2cc(C(F)(F)F)cc(C(F)(F)F)c2)c2cc(C)[cH-]c2c1.Cl.Cl.[CH2-]C.[CH2-]C.[Si]=[Zr]. The maximum absolute atomic E-state index is 13.1. The topological polar surface area (TPSA) is 0 Å². The zero-order valence-electron chi connectivity index (χ0n) is 32.6. The second kappa shape index (κ2) is 22.7. The number of halogens is 14. The molecule has 0 N–H and O–H groups in total. The Kier molecular flexibility index (Phi) is 21.5. The first-order valence-electron chi connectivity index (χ1n) is 17.1. The van der Waals surface area contributed by atoms with Crippen LogP contribution in [0.15, 0.2) is 84.9 Å². The van der Waals surface area contributed by atoms with Gasteiger partial charge in [-0.25, -0.2) is 0 Å². The van der Waals surface area contributed by atoms with Crippen LogP contribution in [0.5, 0.6) is 0 Å². The van der Waals surface area contributed by atoms with Gasteiger partial charge < -0.3 is 13.8 Å². The summed E-state index contributed by atoms with van der Waals surface area (Å²) in [7, 11) is 0. The van der Waals surface area contributed by atoms with Crippen LogP contribution < -0.4 is 0 Å². The summed E-state index contributed by atoms with van der Waals surface area (Å²) in [6, 6.07) is 17.7. The molecule has 2 radical (unpaired) electrons. The molecule has 0 aromatic heterocycles. The Labute approximate surface area is 365 Å². The van der Waals surface area contributed by atoms with Crippen LogP contribution in [0.1, 0.15) is 65.3 Å². The molecule has 0 unspecified atom stereocenters. The standard InChI is InChI=1S/C20H15F6.C19H13F6.2C2H5.2ClH.Si.Zr/c1-3-12-6-13-4-11(2)5-17(18(13)7-12)14-8-15(19(21,22)23)10-16(9-14)20(24,25)26;1-10-3-12-4-11(2)6-17(16(12)5-10)13-7-14(18(20,21)22)9-15(8-13)19(23,24)25;2*1-2;;;;/h4-10H,3H2,1-2H3;3-9H,1-2H3;2*1H2,2H3;2*1H;;/q4*-1;;;;. The van der Waals surface area contributed by atoms with Gasteiger partial charge in [-0.2, -0.15) is 78.7 Å². The van der Waals surface area contributed by atoms with E-state index in [4.69, 9.17) is 0 Å². The molecule has 0 amide bonds. The number of benzene rings is 4. The number of alkyl halides is 12. The van der Waals surface area contributed by atoms with Crippen molar-refractivity contribution in [1.29, 1.82) is 0 Å². The van der Waals surface area contributed by atoms with Gasteiger partial charge in [-0.3, -0.25) is 0 Å². The molecule has 6 rings (SSSR count). The van der Waals surface area contributed by atoms with Crippen molar-refractivity contribution >= 4 is 53.2 Å². The summed E-state index contributed by atoms with van der Waals surface area (Å²) in [4.78, 5) is 0. The van der Waals surface area contributed by atoms with Crippen molar-refractivity contribution in [2.45, 2.75) is 72.7 Å². The summed E-state index contributed by atoms with van der Waals surface area (Å²) in [5.41, 5.74) is -1.28. The van der Waals surface area contributed by atoms with E-state index in [0.717, 1.165) is 63.7 Å². The van der Waals surface area contributed by atoms with E-state index in [2.05, 4.69) is 20.7 Å². The molecule has 0 fully saturated rings. The summed E-state index contributed by atoms with van der Waals surface area (Å²) in [5.74, 6) is 0.